The molecule has 0 spiro atoms. The molecule has 4 heterocycles. The number of aliphatic hydroxyl groups is 1. The maximum atomic E-state index is 9.75. The summed E-state index contributed by atoms with van der Waals surface area (Å²) in [4.78, 5) is 41.0. The fourth-order valence-corrected chi connectivity index (χ4v) is 4.62. The van der Waals surface area contributed by atoms with Crippen molar-refractivity contribution in [1.29, 1.82) is 0 Å². The van der Waals surface area contributed by atoms with Crippen molar-refractivity contribution in [2.75, 3.05) is 56.4 Å². The molecule has 0 unspecified atom stereocenters. The second-order valence-corrected chi connectivity index (χ2v) is 10.4. The average Bonchev–Trinajstić information content (AvgIpc) is 2.91. The lowest BCUT2D eigenvalue weighted by atomic mass is 10.1. The summed E-state index contributed by atoms with van der Waals surface area (Å²) >= 11 is 0. The van der Waals surface area contributed by atoms with Crippen LogP contribution < -0.4 is 14.5 Å². The molecule has 2 fully saturated rings. The van der Waals surface area contributed by atoms with Gasteiger partial charge in [0.25, 0.3) is 0 Å². The van der Waals surface area contributed by atoms with Crippen LogP contribution in [0.5, 0.6) is 5.75 Å². The Morgan fingerprint density at radius 1 is 0.974 bits per heavy atom. The van der Waals surface area contributed by atoms with E-state index in [0.717, 1.165) is 41.1 Å². The standard InChI is InChI=1S/C25H31N5O4.H3O4P/c1-16-14-33-10-8-29(16)24-20-5-6-21(18-4-7-22(32-3)19(12-18)13-31)26-23(20)27-25(28-24)30-9-11-34-15-17(30)2;1-5(2,3)4/h4-7,12,16-17,31H,8-11,13-15H2,1-3H3;(H3,1,2,3,4)/t16-,17-;/m0./s1. The maximum absolute atomic E-state index is 9.75. The van der Waals surface area contributed by atoms with E-state index in [0.29, 0.717) is 43.8 Å². The van der Waals surface area contributed by atoms with Crippen LogP contribution in [0.2, 0.25) is 0 Å². The summed E-state index contributed by atoms with van der Waals surface area (Å²) in [6, 6.07) is 10.1. The first-order chi connectivity index (χ1) is 18.6. The minimum Gasteiger partial charge on any atom is -0.496 e. The van der Waals surface area contributed by atoms with Crippen molar-refractivity contribution in [3.63, 3.8) is 0 Å². The number of nitrogens with zero attached hydrogens (tertiary/aromatic N) is 5. The number of anilines is 2. The zero-order chi connectivity index (χ0) is 28.2. The topological polar surface area (TPSA) is 171 Å². The molecular weight excluding hydrogens is 529 g/mol. The second-order valence-electron chi connectivity index (χ2n) is 9.35. The summed E-state index contributed by atoms with van der Waals surface area (Å²) < 4.78 is 25.5. The SMILES string of the molecule is COc1ccc(-c2ccc3c(N4CCOC[C@@H]4C)nc(N4CCOC[C@@H]4C)nc3n2)cc1CO.O=P(O)(O)O. The highest BCUT2D eigenvalue weighted by molar-refractivity contribution is 7.45. The van der Waals surface area contributed by atoms with Crippen LogP contribution in [0.1, 0.15) is 19.4 Å². The molecule has 0 aliphatic carbocycles. The van der Waals surface area contributed by atoms with E-state index in [-0.39, 0.29) is 18.7 Å². The average molecular weight is 564 g/mol. The molecule has 3 aromatic rings. The van der Waals surface area contributed by atoms with Gasteiger partial charge in [0.1, 0.15) is 11.6 Å². The Morgan fingerprint density at radius 3 is 2.21 bits per heavy atom. The second kappa shape index (κ2) is 12.5. The fourth-order valence-electron chi connectivity index (χ4n) is 4.62. The van der Waals surface area contributed by atoms with Crippen LogP contribution in [0.25, 0.3) is 22.3 Å². The van der Waals surface area contributed by atoms with Crippen LogP contribution in [-0.2, 0) is 20.6 Å². The van der Waals surface area contributed by atoms with Gasteiger partial charge in [-0.15, -0.1) is 0 Å². The van der Waals surface area contributed by atoms with Crippen molar-refractivity contribution < 1.29 is 38.6 Å². The Balaban J connectivity index is 0.000000648. The fraction of sp³-hybridized carbons (Fsp3) is 0.480. The number of hydrogen-bond donors (Lipinski definition) is 4. The van der Waals surface area contributed by atoms with Crippen LogP contribution in [0.4, 0.5) is 11.8 Å². The van der Waals surface area contributed by atoms with Crippen molar-refractivity contribution in [2.24, 2.45) is 0 Å². The van der Waals surface area contributed by atoms with E-state index in [1.807, 2.05) is 30.3 Å². The summed E-state index contributed by atoms with van der Waals surface area (Å²) in [6.07, 6.45) is 0. The van der Waals surface area contributed by atoms with Gasteiger partial charge in [-0.3, -0.25) is 0 Å². The van der Waals surface area contributed by atoms with E-state index >= 15 is 0 Å². The van der Waals surface area contributed by atoms with Crippen molar-refractivity contribution >= 4 is 30.6 Å². The first-order valence-corrected chi connectivity index (χ1v) is 14.1. The van der Waals surface area contributed by atoms with E-state index in [4.69, 9.17) is 48.4 Å². The van der Waals surface area contributed by atoms with E-state index < -0.39 is 7.82 Å². The maximum Gasteiger partial charge on any atom is 0.466 e. The predicted molar refractivity (Wildman–Crippen MR) is 145 cm³/mol. The highest BCUT2D eigenvalue weighted by atomic mass is 31.2. The Bertz CT molecular complexity index is 1330. The molecule has 0 amide bonds. The lowest BCUT2D eigenvalue weighted by molar-refractivity contribution is 0.0973. The minimum atomic E-state index is -4.64. The molecule has 2 atom stereocenters. The number of methoxy groups -OCH3 is 1. The molecule has 2 saturated heterocycles. The van der Waals surface area contributed by atoms with Crippen LogP contribution in [-0.4, -0.2) is 93.4 Å². The third kappa shape index (κ3) is 7.20. The summed E-state index contributed by atoms with van der Waals surface area (Å²) in [7, 11) is -3.04. The number of ether oxygens (including phenoxy) is 3. The van der Waals surface area contributed by atoms with Gasteiger partial charge in [-0.05, 0) is 44.2 Å². The molecule has 0 saturated carbocycles. The first-order valence-electron chi connectivity index (χ1n) is 12.5. The van der Waals surface area contributed by atoms with Gasteiger partial charge in [-0.25, -0.2) is 9.55 Å². The van der Waals surface area contributed by atoms with Gasteiger partial charge < -0.3 is 43.8 Å². The van der Waals surface area contributed by atoms with Crippen LogP contribution in [0.15, 0.2) is 30.3 Å². The number of morpholine rings is 2. The van der Waals surface area contributed by atoms with E-state index in [9.17, 15) is 5.11 Å². The monoisotopic (exact) mass is 563 g/mol. The van der Waals surface area contributed by atoms with E-state index in [2.05, 4.69) is 23.6 Å². The van der Waals surface area contributed by atoms with Crippen LogP contribution in [0, 0.1) is 0 Å². The molecule has 2 aliphatic rings. The van der Waals surface area contributed by atoms with E-state index in [1.54, 1.807) is 7.11 Å². The lowest BCUT2D eigenvalue weighted by Crippen LogP contribution is -2.46. The smallest absolute Gasteiger partial charge is 0.466 e. The summed E-state index contributed by atoms with van der Waals surface area (Å²) in [5, 5.41) is 10.7. The normalized spacial score (nSPS) is 20.0. The quantitative estimate of drug-likeness (QED) is 0.331. The third-order valence-corrected chi connectivity index (χ3v) is 6.54. The molecule has 0 bridgehead atoms. The number of rotatable bonds is 5. The largest absolute Gasteiger partial charge is 0.496 e. The first kappa shape index (κ1) is 29.1. The van der Waals surface area contributed by atoms with Gasteiger partial charge in [0.05, 0.1) is 63.3 Å². The number of pyridine rings is 1. The van der Waals surface area contributed by atoms with Crippen molar-refractivity contribution in [3.8, 4) is 17.0 Å². The van der Waals surface area contributed by atoms with Gasteiger partial charge in [0.15, 0.2) is 5.65 Å². The highest BCUT2D eigenvalue weighted by Gasteiger charge is 2.27. The molecule has 212 valence electrons. The molecule has 39 heavy (non-hydrogen) atoms. The minimum absolute atomic E-state index is 0.106. The van der Waals surface area contributed by atoms with Crippen molar-refractivity contribution in [2.45, 2.75) is 32.5 Å². The molecular formula is C25H34N5O8P. The molecule has 5 rings (SSSR count). The number of hydrogen-bond acceptors (Lipinski definition) is 10. The van der Waals surface area contributed by atoms with Gasteiger partial charge in [0.2, 0.25) is 5.95 Å². The zero-order valence-electron chi connectivity index (χ0n) is 22.1. The summed E-state index contributed by atoms with van der Waals surface area (Å²) in [5.74, 6) is 2.22. The van der Waals surface area contributed by atoms with Crippen LogP contribution >= 0.6 is 7.82 Å². The zero-order valence-corrected chi connectivity index (χ0v) is 23.0. The Labute approximate surface area is 226 Å². The Kier molecular flexibility index (Phi) is 9.34. The molecule has 2 aliphatic heterocycles. The number of benzene rings is 1. The Hall–Kier alpha value is -2.90. The van der Waals surface area contributed by atoms with Gasteiger partial charge >= 0.3 is 7.82 Å². The molecule has 2 aromatic heterocycles. The predicted octanol–water partition coefficient (Wildman–Crippen LogP) is 1.71. The molecule has 13 nitrogen and oxygen atoms in total. The number of aromatic nitrogens is 3. The lowest BCUT2D eigenvalue weighted by Gasteiger charge is -2.37. The molecule has 14 heteroatoms. The van der Waals surface area contributed by atoms with Gasteiger partial charge in [0, 0.05) is 24.2 Å². The summed E-state index contributed by atoms with van der Waals surface area (Å²) in [5.41, 5.74) is 3.05. The van der Waals surface area contributed by atoms with Crippen molar-refractivity contribution in [3.05, 3.63) is 35.9 Å². The van der Waals surface area contributed by atoms with Crippen molar-refractivity contribution in [1.82, 2.24) is 15.0 Å². The molecule has 0 radical (unpaired) electrons. The van der Waals surface area contributed by atoms with E-state index in [1.165, 1.54) is 0 Å². The number of phosphoric acid groups is 1. The third-order valence-electron chi connectivity index (χ3n) is 6.54. The number of aliphatic hydroxyl groups excluding tert-OH is 1. The molecule has 1 aromatic carbocycles. The number of fused-ring (bicyclic) bond motifs is 1. The summed E-state index contributed by atoms with van der Waals surface area (Å²) in [6.45, 7) is 8.31. The van der Waals surface area contributed by atoms with Gasteiger partial charge in [-0.2, -0.15) is 9.97 Å². The van der Waals surface area contributed by atoms with Gasteiger partial charge in [-0.1, -0.05) is 0 Å². The molecule has 4 N–H and O–H groups in total. The Morgan fingerprint density at radius 2 is 1.62 bits per heavy atom. The highest BCUT2D eigenvalue weighted by Crippen LogP contribution is 2.32. The van der Waals surface area contributed by atoms with Crippen LogP contribution in [0.3, 0.4) is 0 Å².